The summed E-state index contributed by atoms with van der Waals surface area (Å²) in [4.78, 5) is 10.7. The lowest BCUT2D eigenvalue weighted by Gasteiger charge is -2.07. The molecule has 1 aromatic rings. The molecule has 0 fully saturated rings. The number of benzene rings is 1. The fourth-order valence-electron chi connectivity index (χ4n) is 1.18. The van der Waals surface area contributed by atoms with Crippen LogP contribution in [0.25, 0.3) is 0 Å². The quantitative estimate of drug-likeness (QED) is 0.482. The lowest BCUT2D eigenvalue weighted by Crippen LogP contribution is -2.25. The van der Waals surface area contributed by atoms with E-state index in [1.54, 1.807) is 0 Å². The van der Waals surface area contributed by atoms with Gasteiger partial charge < -0.3 is 10.9 Å². The standard InChI is InChI=1S/C10H9F3N2O2/c11-10(12,13)7-3-1-6(2-4-7)5-8(15-17)9(14)16/h1-4,17H,5H2,(H2,14,16). The maximum atomic E-state index is 12.2. The fourth-order valence-corrected chi connectivity index (χ4v) is 1.18. The number of carbonyl (C=O) groups excluding carboxylic acids is 1. The van der Waals surface area contributed by atoms with Crippen LogP contribution >= 0.6 is 0 Å². The molecular formula is C10H9F3N2O2. The number of nitrogens with two attached hydrogens (primary N) is 1. The number of halogens is 3. The van der Waals surface area contributed by atoms with Gasteiger partial charge in [-0.3, -0.25) is 4.79 Å². The Kier molecular flexibility index (Phi) is 3.72. The molecule has 4 nitrogen and oxygen atoms in total. The summed E-state index contributed by atoms with van der Waals surface area (Å²) in [6.07, 6.45) is -4.53. The maximum absolute atomic E-state index is 12.2. The third-order valence-corrected chi connectivity index (χ3v) is 2.06. The smallest absolute Gasteiger partial charge is 0.410 e. The Labute approximate surface area is 94.5 Å². The highest BCUT2D eigenvalue weighted by molar-refractivity contribution is 6.38. The van der Waals surface area contributed by atoms with Crippen LogP contribution in [0.1, 0.15) is 11.1 Å². The van der Waals surface area contributed by atoms with E-state index in [-0.39, 0.29) is 12.1 Å². The average Bonchev–Trinajstić information content (AvgIpc) is 2.25. The van der Waals surface area contributed by atoms with E-state index in [9.17, 15) is 18.0 Å². The van der Waals surface area contributed by atoms with Crippen LogP contribution in [0.4, 0.5) is 13.2 Å². The Bertz CT molecular complexity index is 438. The van der Waals surface area contributed by atoms with E-state index in [0.717, 1.165) is 12.1 Å². The zero-order valence-corrected chi connectivity index (χ0v) is 8.53. The number of rotatable bonds is 3. The lowest BCUT2D eigenvalue weighted by atomic mass is 10.1. The molecule has 1 amide bonds. The fraction of sp³-hybridized carbons (Fsp3) is 0.200. The molecule has 92 valence electrons. The van der Waals surface area contributed by atoms with Crippen molar-refractivity contribution in [2.24, 2.45) is 10.9 Å². The minimum Gasteiger partial charge on any atom is -0.410 e. The van der Waals surface area contributed by atoms with Crippen molar-refractivity contribution in [1.82, 2.24) is 0 Å². The number of amides is 1. The number of carbonyl (C=O) groups is 1. The van der Waals surface area contributed by atoms with Crippen molar-refractivity contribution in [3.8, 4) is 0 Å². The zero-order chi connectivity index (χ0) is 13.1. The summed E-state index contributed by atoms with van der Waals surface area (Å²) < 4.78 is 36.7. The molecule has 0 radical (unpaired) electrons. The number of alkyl halides is 3. The van der Waals surface area contributed by atoms with E-state index in [1.807, 2.05) is 0 Å². The Morgan fingerprint density at radius 2 is 1.82 bits per heavy atom. The molecule has 0 unspecified atom stereocenters. The summed E-state index contributed by atoms with van der Waals surface area (Å²) in [5, 5.41) is 11.1. The Morgan fingerprint density at radius 1 is 1.29 bits per heavy atom. The van der Waals surface area contributed by atoms with Gasteiger partial charge in [-0.15, -0.1) is 0 Å². The first-order chi connectivity index (χ1) is 7.84. The monoisotopic (exact) mass is 246 g/mol. The van der Waals surface area contributed by atoms with E-state index < -0.39 is 17.6 Å². The van der Waals surface area contributed by atoms with Gasteiger partial charge in [0, 0.05) is 6.42 Å². The van der Waals surface area contributed by atoms with Gasteiger partial charge in [0.1, 0.15) is 5.71 Å². The molecule has 0 saturated heterocycles. The summed E-state index contributed by atoms with van der Waals surface area (Å²) >= 11 is 0. The van der Waals surface area contributed by atoms with Crippen molar-refractivity contribution in [2.45, 2.75) is 12.6 Å². The molecule has 0 aliphatic heterocycles. The molecule has 17 heavy (non-hydrogen) atoms. The average molecular weight is 246 g/mol. The van der Waals surface area contributed by atoms with Gasteiger partial charge in [0.15, 0.2) is 0 Å². The Balaban J connectivity index is 2.86. The molecular weight excluding hydrogens is 237 g/mol. The van der Waals surface area contributed by atoms with Gasteiger partial charge in [-0.2, -0.15) is 13.2 Å². The SMILES string of the molecule is NC(=O)C(Cc1ccc(C(F)(F)F)cc1)=NO. The molecule has 0 aliphatic carbocycles. The van der Waals surface area contributed by atoms with E-state index in [1.165, 1.54) is 12.1 Å². The number of hydrogen-bond acceptors (Lipinski definition) is 3. The highest BCUT2D eigenvalue weighted by Gasteiger charge is 2.29. The second-order valence-electron chi connectivity index (χ2n) is 3.28. The van der Waals surface area contributed by atoms with Gasteiger partial charge in [0.05, 0.1) is 5.56 Å². The van der Waals surface area contributed by atoms with Crippen molar-refractivity contribution in [3.63, 3.8) is 0 Å². The summed E-state index contributed by atoms with van der Waals surface area (Å²) in [5.74, 6) is -0.924. The summed E-state index contributed by atoms with van der Waals surface area (Å²) in [7, 11) is 0. The maximum Gasteiger partial charge on any atom is 0.416 e. The topological polar surface area (TPSA) is 75.7 Å². The van der Waals surface area contributed by atoms with Crippen molar-refractivity contribution < 1.29 is 23.2 Å². The molecule has 7 heteroatoms. The van der Waals surface area contributed by atoms with Crippen molar-refractivity contribution >= 4 is 11.6 Å². The second kappa shape index (κ2) is 4.86. The van der Waals surface area contributed by atoms with Crippen LogP contribution in [-0.2, 0) is 17.4 Å². The zero-order valence-electron chi connectivity index (χ0n) is 8.53. The van der Waals surface area contributed by atoms with E-state index in [0.29, 0.717) is 5.56 Å². The van der Waals surface area contributed by atoms with Crippen LogP contribution in [0.15, 0.2) is 29.4 Å². The third kappa shape index (κ3) is 3.47. The van der Waals surface area contributed by atoms with Gasteiger partial charge in [-0.25, -0.2) is 0 Å². The van der Waals surface area contributed by atoms with Gasteiger partial charge in [-0.1, -0.05) is 17.3 Å². The first-order valence-electron chi connectivity index (χ1n) is 4.51. The van der Waals surface area contributed by atoms with Crippen LogP contribution in [0.3, 0.4) is 0 Å². The van der Waals surface area contributed by atoms with Crippen molar-refractivity contribution in [1.29, 1.82) is 0 Å². The summed E-state index contributed by atoms with van der Waals surface area (Å²) in [6, 6.07) is 4.14. The molecule has 0 heterocycles. The van der Waals surface area contributed by atoms with Crippen molar-refractivity contribution in [3.05, 3.63) is 35.4 Å². The molecule has 0 saturated carbocycles. The van der Waals surface area contributed by atoms with Crippen molar-refractivity contribution in [2.75, 3.05) is 0 Å². The van der Waals surface area contributed by atoms with E-state index in [4.69, 9.17) is 10.9 Å². The van der Waals surface area contributed by atoms with Crippen LogP contribution in [0, 0.1) is 0 Å². The minimum atomic E-state index is -4.41. The molecule has 3 N–H and O–H groups in total. The summed E-state index contributed by atoms with van der Waals surface area (Å²) in [6.45, 7) is 0. The number of hydrogen-bond donors (Lipinski definition) is 2. The first-order valence-corrected chi connectivity index (χ1v) is 4.51. The van der Waals surface area contributed by atoms with Crippen LogP contribution in [-0.4, -0.2) is 16.8 Å². The van der Waals surface area contributed by atoms with Crippen LogP contribution in [0.5, 0.6) is 0 Å². The van der Waals surface area contributed by atoms with Gasteiger partial charge >= 0.3 is 6.18 Å². The highest BCUT2D eigenvalue weighted by atomic mass is 19.4. The van der Waals surface area contributed by atoms with E-state index >= 15 is 0 Å². The predicted octanol–water partition coefficient (Wildman–Crippen LogP) is 1.56. The lowest BCUT2D eigenvalue weighted by molar-refractivity contribution is -0.137. The Hall–Kier alpha value is -2.05. The molecule has 0 bridgehead atoms. The first kappa shape index (κ1) is 13.0. The molecule has 0 aromatic heterocycles. The number of primary amides is 1. The second-order valence-corrected chi connectivity index (χ2v) is 3.28. The minimum absolute atomic E-state index is 0.121. The molecule has 0 atom stereocenters. The molecule has 0 aliphatic rings. The molecule has 0 spiro atoms. The number of nitrogens with zero attached hydrogens (tertiary/aromatic N) is 1. The number of oxime groups is 1. The largest absolute Gasteiger partial charge is 0.416 e. The summed E-state index contributed by atoms with van der Waals surface area (Å²) in [5.41, 5.74) is 4.17. The molecule has 1 rings (SSSR count). The van der Waals surface area contributed by atoms with Crippen LogP contribution < -0.4 is 5.73 Å². The predicted molar refractivity (Wildman–Crippen MR) is 53.6 cm³/mol. The Morgan fingerprint density at radius 3 is 2.18 bits per heavy atom. The highest BCUT2D eigenvalue weighted by Crippen LogP contribution is 2.29. The normalized spacial score (nSPS) is 12.5. The van der Waals surface area contributed by atoms with Gasteiger partial charge in [0.25, 0.3) is 5.91 Å². The third-order valence-electron chi connectivity index (χ3n) is 2.06. The molecule has 1 aromatic carbocycles. The van der Waals surface area contributed by atoms with Gasteiger partial charge in [-0.05, 0) is 17.7 Å². The van der Waals surface area contributed by atoms with Gasteiger partial charge in [0.2, 0.25) is 0 Å². The van der Waals surface area contributed by atoms with Crippen LogP contribution in [0.2, 0.25) is 0 Å². The van der Waals surface area contributed by atoms with E-state index in [2.05, 4.69) is 5.16 Å².